The molecule has 1 aliphatic carbocycles. The van der Waals surface area contributed by atoms with Gasteiger partial charge in [-0.05, 0) is 25.0 Å². The van der Waals surface area contributed by atoms with Crippen LogP contribution >= 0.6 is 11.6 Å². The molecule has 0 unspecified atom stereocenters. The minimum absolute atomic E-state index is 0.0225. The minimum Gasteiger partial charge on any atom is -0.352 e. The summed E-state index contributed by atoms with van der Waals surface area (Å²) in [6, 6.07) is 7.73. The van der Waals surface area contributed by atoms with Crippen LogP contribution in [0.15, 0.2) is 30.6 Å². The molecule has 0 saturated heterocycles. The molecule has 0 atom stereocenters. The van der Waals surface area contributed by atoms with Gasteiger partial charge in [0.25, 0.3) is 0 Å². The van der Waals surface area contributed by atoms with E-state index in [4.69, 9.17) is 11.6 Å². The molecule has 22 heavy (non-hydrogen) atoms. The van der Waals surface area contributed by atoms with Crippen LogP contribution in [0.25, 0.3) is 11.4 Å². The molecule has 0 spiro atoms. The summed E-state index contributed by atoms with van der Waals surface area (Å²) in [5.41, 5.74) is 0.784. The number of rotatable bonds is 4. The minimum atomic E-state index is -0.0225. The number of hydrogen-bond donors (Lipinski definition) is 1. The van der Waals surface area contributed by atoms with E-state index in [0.29, 0.717) is 16.9 Å². The molecule has 116 valence electrons. The molecule has 6 heteroatoms. The van der Waals surface area contributed by atoms with Gasteiger partial charge in [0.05, 0.1) is 5.02 Å². The second-order valence-corrected chi connectivity index (χ2v) is 6.03. The quantitative estimate of drug-likeness (QED) is 0.942. The zero-order chi connectivity index (χ0) is 15.4. The lowest BCUT2D eigenvalue weighted by Gasteiger charge is -2.22. The van der Waals surface area contributed by atoms with Crippen LogP contribution in [0.3, 0.4) is 0 Å². The number of nitrogens with zero attached hydrogens (tertiary/aromatic N) is 3. The maximum atomic E-state index is 12.2. The van der Waals surface area contributed by atoms with Crippen LogP contribution in [-0.4, -0.2) is 26.7 Å². The molecule has 2 aromatic rings. The van der Waals surface area contributed by atoms with Crippen molar-refractivity contribution in [1.29, 1.82) is 0 Å². The van der Waals surface area contributed by atoms with Gasteiger partial charge in [-0.2, -0.15) is 5.10 Å². The topological polar surface area (TPSA) is 59.8 Å². The lowest BCUT2D eigenvalue weighted by Crippen LogP contribution is -2.38. The molecule has 1 aromatic carbocycles. The van der Waals surface area contributed by atoms with E-state index < -0.39 is 0 Å². The number of carbonyl (C=O) groups excluding carboxylic acids is 1. The Morgan fingerprint density at radius 3 is 2.82 bits per heavy atom. The number of amides is 1. The van der Waals surface area contributed by atoms with Gasteiger partial charge in [0.1, 0.15) is 12.9 Å². The Kier molecular flexibility index (Phi) is 4.73. The second-order valence-electron chi connectivity index (χ2n) is 5.62. The van der Waals surface area contributed by atoms with Crippen molar-refractivity contribution in [1.82, 2.24) is 20.1 Å². The van der Waals surface area contributed by atoms with Gasteiger partial charge in [-0.15, -0.1) is 0 Å². The summed E-state index contributed by atoms with van der Waals surface area (Å²) in [4.78, 5) is 16.4. The molecule has 3 rings (SSSR count). The van der Waals surface area contributed by atoms with Gasteiger partial charge in [-0.1, -0.05) is 43.0 Å². The lowest BCUT2D eigenvalue weighted by atomic mass is 9.95. The molecule has 1 saturated carbocycles. The predicted molar refractivity (Wildman–Crippen MR) is 85.5 cm³/mol. The van der Waals surface area contributed by atoms with Crippen molar-refractivity contribution in [2.45, 2.75) is 44.7 Å². The number of aromatic nitrogens is 3. The third-order valence-electron chi connectivity index (χ3n) is 3.99. The molecule has 1 aromatic heterocycles. The summed E-state index contributed by atoms with van der Waals surface area (Å²) >= 11 is 6.20. The van der Waals surface area contributed by atoms with E-state index in [1.807, 2.05) is 18.2 Å². The normalized spacial score (nSPS) is 15.7. The third-order valence-corrected chi connectivity index (χ3v) is 4.32. The molecule has 5 nitrogen and oxygen atoms in total. The number of hydrogen-bond acceptors (Lipinski definition) is 3. The van der Waals surface area contributed by atoms with Gasteiger partial charge in [0.2, 0.25) is 5.91 Å². The van der Waals surface area contributed by atoms with E-state index in [-0.39, 0.29) is 12.5 Å². The largest absolute Gasteiger partial charge is 0.352 e. The number of nitrogens with one attached hydrogen (secondary N) is 1. The first kappa shape index (κ1) is 15.0. The molecule has 1 amide bonds. The molecule has 1 N–H and O–H groups in total. The van der Waals surface area contributed by atoms with Gasteiger partial charge in [0, 0.05) is 11.6 Å². The summed E-state index contributed by atoms with van der Waals surface area (Å²) in [5, 5.41) is 7.84. The molecular formula is C16H19ClN4O. The zero-order valence-corrected chi connectivity index (χ0v) is 13.1. The van der Waals surface area contributed by atoms with Crippen molar-refractivity contribution in [3.05, 3.63) is 35.6 Å². The van der Waals surface area contributed by atoms with E-state index in [1.54, 1.807) is 10.7 Å². The Bertz CT molecular complexity index is 649. The monoisotopic (exact) mass is 318 g/mol. The van der Waals surface area contributed by atoms with Crippen molar-refractivity contribution in [2.75, 3.05) is 0 Å². The summed E-state index contributed by atoms with van der Waals surface area (Å²) < 4.78 is 1.60. The Hall–Kier alpha value is -1.88. The molecule has 0 aliphatic heterocycles. The lowest BCUT2D eigenvalue weighted by molar-refractivity contribution is -0.122. The molecule has 0 radical (unpaired) electrons. The van der Waals surface area contributed by atoms with Crippen LogP contribution < -0.4 is 5.32 Å². The Morgan fingerprint density at radius 2 is 2.05 bits per heavy atom. The molecule has 0 bridgehead atoms. The standard InChI is InChI=1S/C16H19ClN4O/c17-14-9-5-4-8-13(14)16-18-11-19-21(16)10-15(22)20-12-6-2-1-3-7-12/h4-5,8-9,11-12H,1-3,6-7,10H2,(H,20,22). The van der Waals surface area contributed by atoms with E-state index in [1.165, 1.54) is 25.6 Å². The summed E-state index contributed by atoms with van der Waals surface area (Å²) in [7, 11) is 0. The maximum absolute atomic E-state index is 12.2. The first-order valence-corrected chi connectivity index (χ1v) is 8.04. The van der Waals surface area contributed by atoms with Gasteiger partial charge < -0.3 is 5.32 Å². The predicted octanol–water partition coefficient (Wildman–Crippen LogP) is 3.05. The summed E-state index contributed by atoms with van der Waals surface area (Å²) in [5.74, 6) is 0.593. The zero-order valence-electron chi connectivity index (χ0n) is 12.3. The van der Waals surface area contributed by atoms with Crippen LogP contribution in [0.5, 0.6) is 0 Å². The van der Waals surface area contributed by atoms with Gasteiger partial charge in [0.15, 0.2) is 5.82 Å². The number of carbonyl (C=O) groups is 1. The van der Waals surface area contributed by atoms with Crippen LogP contribution in [0, 0.1) is 0 Å². The fourth-order valence-electron chi connectivity index (χ4n) is 2.89. The molecule has 1 fully saturated rings. The van der Waals surface area contributed by atoms with Crippen molar-refractivity contribution in [3.8, 4) is 11.4 Å². The highest BCUT2D eigenvalue weighted by Crippen LogP contribution is 2.25. The van der Waals surface area contributed by atoms with Gasteiger partial charge >= 0.3 is 0 Å². The smallest absolute Gasteiger partial charge is 0.242 e. The van der Waals surface area contributed by atoms with Gasteiger partial charge in [-0.3, -0.25) is 4.79 Å². The van der Waals surface area contributed by atoms with Crippen molar-refractivity contribution < 1.29 is 4.79 Å². The Labute approximate surface area is 134 Å². The van der Waals surface area contributed by atoms with Crippen molar-refractivity contribution >= 4 is 17.5 Å². The second kappa shape index (κ2) is 6.92. The fraction of sp³-hybridized carbons (Fsp3) is 0.438. The van der Waals surface area contributed by atoms with Crippen LogP contribution in [0.2, 0.25) is 5.02 Å². The van der Waals surface area contributed by atoms with Crippen molar-refractivity contribution in [2.24, 2.45) is 0 Å². The number of halogens is 1. The van der Waals surface area contributed by atoms with E-state index in [9.17, 15) is 4.79 Å². The highest BCUT2D eigenvalue weighted by atomic mass is 35.5. The molecule has 1 aliphatic rings. The van der Waals surface area contributed by atoms with Crippen LogP contribution in [0.1, 0.15) is 32.1 Å². The SMILES string of the molecule is O=C(Cn1ncnc1-c1ccccc1Cl)NC1CCCCC1. The first-order chi connectivity index (χ1) is 10.7. The number of benzene rings is 1. The highest BCUT2D eigenvalue weighted by molar-refractivity contribution is 6.33. The third kappa shape index (κ3) is 3.47. The summed E-state index contributed by atoms with van der Waals surface area (Å²) in [6.07, 6.45) is 7.25. The van der Waals surface area contributed by atoms with E-state index >= 15 is 0 Å². The van der Waals surface area contributed by atoms with E-state index in [0.717, 1.165) is 18.4 Å². The maximum Gasteiger partial charge on any atom is 0.242 e. The van der Waals surface area contributed by atoms with Gasteiger partial charge in [-0.25, -0.2) is 9.67 Å². The van der Waals surface area contributed by atoms with Crippen LogP contribution in [0.4, 0.5) is 0 Å². The fourth-order valence-corrected chi connectivity index (χ4v) is 3.11. The average molecular weight is 319 g/mol. The van der Waals surface area contributed by atoms with Crippen LogP contribution in [-0.2, 0) is 11.3 Å². The Morgan fingerprint density at radius 1 is 1.27 bits per heavy atom. The Balaban J connectivity index is 1.70. The van der Waals surface area contributed by atoms with E-state index in [2.05, 4.69) is 15.4 Å². The molecular weight excluding hydrogens is 300 g/mol. The first-order valence-electron chi connectivity index (χ1n) is 7.66. The highest BCUT2D eigenvalue weighted by Gasteiger charge is 2.18. The molecule has 1 heterocycles. The average Bonchev–Trinajstić information content (AvgIpc) is 2.96. The van der Waals surface area contributed by atoms with Crippen molar-refractivity contribution in [3.63, 3.8) is 0 Å². The summed E-state index contributed by atoms with van der Waals surface area (Å²) in [6.45, 7) is 0.164.